The van der Waals surface area contributed by atoms with Gasteiger partial charge in [-0.05, 0) is 80.4 Å². The molecule has 1 saturated heterocycles. The van der Waals surface area contributed by atoms with Crippen molar-refractivity contribution in [2.75, 3.05) is 13.7 Å². The van der Waals surface area contributed by atoms with Gasteiger partial charge in [0.2, 0.25) is 0 Å². The van der Waals surface area contributed by atoms with E-state index in [2.05, 4.69) is 70.9 Å². The lowest BCUT2D eigenvalue weighted by molar-refractivity contribution is -0.140. The molecule has 4 rings (SSSR count). The molecule has 2 aromatic heterocycles. The maximum Gasteiger partial charge on any atom is 0.305 e. The first kappa shape index (κ1) is 24.0. The Morgan fingerprint density at radius 2 is 1.94 bits per heavy atom. The number of esters is 1. The minimum atomic E-state index is -0.204. The molecule has 6 nitrogen and oxygen atoms in total. The van der Waals surface area contributed by atoms with Crippen LogP contribution in [-0.2, 0) is 16.0 Å². The van der Waals surface area contributed by atoms with Gasteiger partial charge in [0.1, 0.15) is 0 Å². The van der Waals surface area contributed by atoms with Crippen molar-refractivity contribution < 1.29 is 9.53 Å². The number of hydrogen-bond acceptors (Lipinski definition) is 4. The fraction of sp³-hybridized carbons (Fsp3) is 0.370. The van der Waals surface area contributed by atoms with E-state index in [1.165, 1.54) is 29.6 Å². The number of benzene rings is 1. The summed E-state index contributed by atoms with van der Waals surface area (Å²) in [6, 6.07) is 16.9. The number of aromatic nitrogens is 2. The second kappa shape index (κ2) is 10.4. The standard InChI is InChI=1S/C27H32N4O2S/c1-5-20-11-13-21(14-12-20)31-18(2)17-22(19(31)3)26-25(23-9-6-7-15-28-23)29-27(34)30(26)16-8-10-24(32)33-4/h6-7,9,11-15,17,25-26H,5,8,10,16H2,1-4H3,(H,29,34)/t25-,26+/m0/s1. The lowest BCUT2D eigenvalue weighted by Crippen LogP contribution is -2.31. The van der Waals surface area contributed by atoms with Crippen LogP contribution in [0.15, 0.2) is 54.7 Å². The van der Waals surface area contributed by atoms with E-state index in [0.29, 0.717) is 24.5 Å². The zero-order chi connectivity index (χ0) is 24.2. The monoisotopic (exact) mass is 476 g/mol. The number of aryl methyl sites for hydroxylation is 2. The quantitative estimate of drug-likeness (QED) is 0.366. The van der Waals surface area contributed by atoms with Gasteiger partial charge in [-0.2, -0.15) is 0 Å². The van der Waals surface area contributed by atoms with Gasteiger partial charge in [-0.1, -0.05) is 25.1 Å². The maximum atomic E-state index is 11.7. The van der Waals surface area contributed by atoms with E-state index in [9.17, 15) is 4.79 Å². The fourth-order valence-corrected chi connectivity index (χ4v) is 5.18. The van der Waals surface area contributed by atoms with Crippen molar-refractivity contribution in [1.29, 1.82) is 0 Å². The summed E-state index contributed by atoms with van der Waals surface area (Å²) >= 11 is 5.77. The molecule has 0 bridgehead atoms. The molecule has 0 unspecified atom stereocenters. The molecule has 178 valence electrons. The highest BCUT2D eigenvalue weighted by molar-refractivity contribution is 7.80. The number of thiocarbonyl (C=S) groups is 1. The van der Waals surface area contributed by atoms with Gasteiger partial charge in [-0.25, -0.2) is 0 Å². The topological polar surface area (TPSA) is 59.4 Å². The molecule has 0 radical (unpaired) electrons. The molecule has 3 aromatic rings. The molecule has 0 saturated carbocycles. The van der Waals surface area contributed by atoms with Gasteiger partial charge < -0.3 is 19.5 Å². The normalized spacial score (nSPS) is 17.6. The molecule has 0 spiro atoms. The molecule has 1 N–H and O–H groups in total. The second-order valence-corrected chi connectivity index (χ2v) is 9.07. The van der Waals surface area contributed by atoms with Gasteiger partial charge in [-0.15, -0.1) is 0 Å². The molecule has 1 aromatic carbocycles. The highest BCUT2D eigenvalue weighted by Gasteiger charge is 2.41. The van der Waals surface area contributed by atoms with Gasteiger partial charge in [0.05, 0.1) is 24.9 Å². The third-order valence-electron chi connectivity index (χ3n) is 6.60. The van der Waals surface area contributed by atoms with Gasteiger partial charge in [0.25, 0.3) is 0 Å². The second-order valence-electron chi connectivity index (χ2n) is 8.68. The summed E-state index contributed by atoms with van der Waals surface area (Å²) in [5.74, 6) is -0.204. The van der Waals surface area contributed by atoms with Crippen LogP contribution in [-0.4, -0.2) is 39.2 Å². The van der Waals surface area contributed by atoms with Crippen LogP contribution < -0.4 is 5.32 Å². The molecule has 3 heterocycles. The average Bonchev–Trinajstić information content (AvgIpc) is 3.34. The van der Waals surface area contributed by atoms with Crippen molar-refractivity contribution in [1.82, 2.24) is 19.8 Å². The summed E-state index contributed by atoms with van der Waals surface area (Å²) < 4.78 is 7.13. The Bertz CT molecular complexity index is 1160. The maximum absolute atomic E-state index is 11.7. The first-order valence-corrected chi connectivity index (χ1v) is 12.2. The number of nitrogens with zero attached hydrogens (tertiary/aromatic N) is 3. The number of pyridine rings is 1. The molecule has 1 fully saturated rings. The first-order valence-electron chi connectivity index (χ1n) is 11.8. The highest BCUT2D eigenvalue weighted by atomic mass is 32.1. The van der Waals surface area contributed by atoms with Gasteiger partial charge >= 0.3 is 5.97 Å². The number of hydrogen-bond donors (Lipinski definition) is 1. The molecule has 1 aliphatic rings. The Kier molecular flexibility index (Phi) is 7.32. The predicted octanol–water partition coefficient (Wildman–Crippen LogP) is 4.98. The Labute approximate surface area is 207 Å². The van der Waals surface area contributed by atoms with Crippen molar-refractivity contribution in [3.05, 3.63) is 82.9 Å². The van der Waals surface area contributed by atoms with Crippen LogP contribution in [0.25, 0.3) is 5.69 Å². The Balaban J connectivity index is 1.73. The van der Waals surface area contributed by atoms with E-state index in [-0.39, 0.29) is 18.1 Å². The average molecular weight is 477 g/mol. The lowest BCUT2D eigenvalue weighted by Gasteiger charge is -2.28. The van der Waals surface area contributed by atoms with Crippen molar-refractivity contribution in [3.8, 4) is 5.69 Å². The minimum Gasteiger partial charge on any atom is -0.469 e. The number of rotatable bonds is 8. The summed E-state index contributed by atoms with van der Waals surface area (Å²) in [7, 11) is 1.42. The third-order valence-corrected chi connectivity index (χ3v) is 6.95. The van der Waals surface area contributed by atoms with Gasteiger partial charge in [-0.3, -0.25) is 9.78 Å². The van der Waals surface area contributed by atoms with Crippen LogP contribution >= 0.6 is 12.2 Å². The largest absolute Gasteiger partial charge is 0.469 e. The number of nitrogens with one attached hydrogen (secondary N) is 1. The van der Waals surface area contributed by atoms with Crippen LogP contribution in [0.3, 0.4) is 0 Å². The van der Waals surface area contributed by atoms with Gasteiger partial charge in [0, 0.05) is 36.2 Å². The highest BCUT2D eigenvalue weighted by Crippen LogP contribution is 2.41. The summed E-state index contributed by atoms with van der Waals surface area (Å²) in [5.41, 5.74) is 6.98. The Hall–Kier alpha value is -3.19. The molecule has 0 amide bonds. The van der Waals surface area contributed by atoms with E-state index in [1.807, 2.05) is 24.4 Å². The molecule has 1 aliphatic heterocycles. The van der Waals surface area contributed by atoms with E-state index >= 15 is 0 Å². The third kappa shape index (κ3) is 4.71. The van der Waals surface area contributed by atoms with Crippen LogP contribution in [0.5, 0.6) is 0 Å². The number of methoxy groups -OCH3 is 1. The van der Waals surface area contributed by atoms with Crippen molar-refractivity contribution >= 4 is 23.3 Å². The molecular weight excluding hydrogens is 444 g/mol. The van der Waals surface area contributed by atoms with E-state index in [4.69, 9.17) is 17.0 Å². The Morgan fingerprint density at radius 1 is 1.18 bits per heavy atom. The molecule has 2 atom stereocenters. The predicted molar refractivity (Wildman–Crippen MR) is 138 cm³/mol. The zero-order valence-corrected chi connectivity index (χ0v) is 21.1. The zero-order valence-electron chi connectivity index (χ0n) is 20.2. The van der Waals surface area contributed by atoms with E-state index in [0.717, 1.165) is 17.8 Å². The fourth-order valence-electron chi connectivity index (χ4n) is 4.85. The van der Waals surface area contributed by atoms with Crippen molar-refractivity contribution in [2.45, 2.75) is 52.1 Å². The summed E-state index contributed by atoms with van der Waals surface area (Å²) in [6.07, 6.45) is 3.86. The molecule has 0 aliphatic carbocycles. The summed E-state index contributed by atoms with van der Waals surface area (Å²) in [6.45, 7) is 7.13. The molecule has 34 heavy (non-hydrogen) atoms. The molecular formula is C27H32N4O2S. The SMILES string of the molecule is CCc1ccc(-n2c(C)cc([C@@H]3[C@H](c4ccccn4)NC(=S)N3CCCC(=O)OC)c2C)cc1. The van der Waals surface area contributed by atoms with E-state index < -0.39 is 0 Å². The van der Waals surface area contributed by atoms with Crippen LogP contribution in [0.1, 0.15) is 60.1 Å². The van der Waals surface area contributed by atoms with Crippen LogP contribution in [0, 0.1) is 13.8 Å². The van der Waals surface area contributed by atoms with Crippen molar-refractivity contribution in [2.24, 2.45) is 0 Å². The van der Waals surface area contributed by atoms with Crippen LogP contribution in [0.2, 0.25) is 0 Å². The number of carbonyl (C=O) groups excluding carboxylic acids is 1. The number of carbonyl (C=O) groups is 1. The summed E-state index contributed by atoms with van der Waals surface area (Å²) in [4.78, 5) is 18.5. The Morgan fingerprint density at radius 3 is 2.59 bits per heavy atom. The smallest absolute Gasteiger partial charge is 0.305 e. The first-order chi connectivity index (χ1) is 16.4. The lowest BCUT2D eigenvalue weighted by atomic mass is 9.96. The van der Waals surface area contributed by atoms with E-state index in [1.54, 1.807) is 0 Å². The minimum absolute atomic E-state index is 0.0325. The summed E-state index contributed by atoms with van der Waals surface area (Å²) in [5, 5.41) is 4.18. The number of ether oxygens (including phenoxy) is 1. The van der Waals surface area contributed by atoms with Crippen LogP contribution in [0.4, 0.5) is 0 Å². The molecule has 7 heteroatoms. The van der Waals surface area contributed by atoms with Gasteiger partial charge in [0.15, 0.2) is 5.11 Å². The van der Waals surface area contributed by atoms with Crippen molar-refractivity contribution in [3.63, 3.8) is 0 Å².